The molecule has 198 valence electrons. The number of alkyl carbamates (subject to hydrolysis) is 1. The lowest BCUT2D eigenvalue weighted by Gasteiger charge is -2.36. The minimum Gasteiger partial charge on any atom is -0.444 e. The molecule has 0 radical (unpaired) electrons. The van der Waals surface area contributed by atoms with E-state index >= 15 is 0 Å². The normalized spacial score (nSPS) is 14.0. The van der Waals surface area contributed by atoms with Crippen LogP contribution < -0.4 is 10.6 Å². The fraction of sp³-hybridized carbons (Fsp3) is 0.667. The number of aliphatic hydroxyl groups excluding tert-OH is 1. The van der Waals surface area contributed by atoms with E-state index in [2.05, 4.69) is 10.6 Å². The lowest BCUT2D eigenvalue weighted by atomic mass is 9.93. The van der Waals surface area contributed by atoms with E-state index in [-0.39, 0.29) is 25.0 Å². The third kappa shape index (κ3) is 9.51. The Morgan fingerprint density at radius 3 is 2.34 bits per heavy atom. The van der Waals surface area contributed by atoms with Crippen molar-refractivity contribution >= 4 is 17.9 Å². The highest BCUT2D eigenvalue weighted by Crippen LogP contribution is 2.27. The fourth-order valence-electron chi connectivity index (χ4n) is 3.76. The summed E-state index contributed by atoms with van der Waals surface area (Å²) in [6.07, 6.45) is 1.66. The molecule has 0 saturated carbocycles. The number of carbonyl (C=O) groups excluding carboxylic acids is 3. The molecular formula is C27H45N3O5. The minimum absolute atomic E-state index is 0.0546. The van der Waals surface area contributed by atoms with E-state index < -0.39 is 29.7 Å². The summed E-state index contributed by atoms with van der Waals surface area (Å²) in [4.78, 5) is 41.4. The van der Waals surface area contributed by atoms with Crippen LogP contribution in [0.2, 0.25) is 0 Å². The number of rotatable bonds is 12. The molecule has 8 nitrogen and oxygen atoms in total. The average Bonchev–Trinajstić information content (AvgIpc) is 2.77. The molecule has 0 saturated heterocycles. The van der Waals surface area contributed by atoms with E-state index in [4.69, 9.17) is 4.74 Å². The summed E-state index contributed by atoms with van der Waals surface area (Å²) in [5, 5.41) is 15.5. The van der Waals surface area contributed by atoms with Crippen molar-refractivity contribution in [2.45, 2.75) is 92.3 Å². The van der Waals surface area contributed by atoms with Crippen LogP contribution in [0.1, 0.15) is 83.5 Å². The number of hydrogen-bond acceptors (Lipinski definition) is 5. The van der Waals surface area contributed by atoms with Crippen LogP contribution in [0, 0.1) is 19.8 Å². The summed E-state index contributed by atoms with van der Waals surface area (Å²) in [6, 6.07) is 3.91. The first kappa shape index (κ1) is 30.4. The Balaban J connectivity index is 3.49. The predicted octanol–water partition coefficient (Wildman–Crippen LogP) is 4.02. The van der Waals surface area contributed by atoms with Crippen molar-refractivity contribution in [2.75, 3.05) is 19.7 Å². The van der Waals surface area contributed by atoms with Crippen LogP contribution in [0.3, 0.4) is 0 Å². The summed E-state index contributed by atoms with van der Waals surface area (Å²) in [5.74, 6) is -0.969. The molecule has 0 spiro atoms. The molecule has 3 atom stereocenters. The largest absolute Gasteiger partial charge is 0.444 e. The number of nitrogens with zero attached hydrogens (tertiary/aromatic N) is 1. The quantitative estimate of drug-likeness (QED) is 0.383. The molecule has 0 bridgehead atoms. The summed E-state index contributed by atoms with van der Waals surface area (Å²) < 4.78 is 5.40. The summed E-state index contributed by atoms with van der Waals surface area (Å²) >= 11 is 0. The number of nitrogens with one attached hydrogen (secondary N) is 2. The lowest BCUT2D eigenvalue weighted by molar-refractivity contribution is -0.144. The maximum atomic E-state index is 13.9. The maximum absolute atomic E-state index is 13.9. The monoisotopic (exact) mass is 491 g/mol. The number of hydrogen-bond donors (Lipinski definition) is 3. The molecule has 3 unspecified atom stereocenters. The fourth-order valence-corrected chi connectivity index (χ4v) is 3.76. The topological polar surface area (TPSA) is 108 Å². The van der Waals surface area contributed by atoms with Crippen LogP contribution in [0.15, 0.2) is 18.2 Å². The summed E-state index contributed by atoms with van der Waals surface area (Å²) in [5.41, 5.74) is 1.79. The number of amides is 3. The zero-order valence-electron chi connectivity index (χ0n) is 22.7. The van der Waals surface area contributed by atoms with Crippen molar-refractivity contribution in [3.63, 3.8) is 0 Å². The van der Waals surface area contributed by atoms with Crippen LogP contribution in [0.4, 0.5) is 4.79 Å². The third-order valence-electron chi connectivity index (χ3n) is 5.89. The van der Waals surface area contributed by atoms with Crippen molar-refractivity contribution in [1.82, 2.24) is 15.5 Å². The van der Waals surface area contributed by atoms with Gasteiger partial charge in [-0.05, 0) is 58.1 Å². The smallest absolute Gasteiger partial charge is 0.408 e. The van der Waals surface area contributed by atoms with Gasteiger partial charge in [0.05, 0.1) is 6.61 Å². The van der Waals surface area contributed by atoms with E-state index in [0.717, 1.165) is 24.0 Å². The number of ether oxygens (including phenoxy) is 1. The SMILES string of the molecule is CCCCNC(=O)C(c1cc(C)ccc1C)N(CCO)C(=O)C(NC(=O)OC(C)(C)C)C(C)CC. The molecular weight excluding hydrogens is 446 g/mol. The van der Waals surface area contributed by atoms with Crippen molar-refractivity contribution < 1.29 is 24.2 Å². The van der Waals surface area contributed by atoms with Crippen LogP contribution in [0.25, 0.3) is 0 Å². The van der Waals surface area contributed by atoms with E-state index in [0.29, 0.717) is 18.5 Å². The second-order valence-corrected chi connectivity index (χ2v) is 10.2. The second-order valence-electron chi connectivity index (χ2n) is 10.2. The average molecular weight is 492 g/mol. The van der Waals surface area contributed by atoms with Crippen molar-refractivity contribution in [1.29, 1.82) is 0 Å². The molecule has 1 rings (SSSR count). The number of carbonyl (C=O) groups is 3. The second kappa shape index (κ2) is 14.1. The Bertz CT molecular complexity index is 850. The Hall–Kier alpha value is -2.61. The molecule has 35 heavy (non-hydrogen) atoms. The van der Waals surface area contributed by atoms with Crippen LogP contribution >= 0.6 is 0 Å². The van der Waals surface area contributed by atoms with Gasteiger partial charge in [0, 0.05) is 13.1 Å². The molecule has 8 heteroatoms. The van der Waals surface area contributed by atoms with Crippen LogP contribution in [-0.4, -0.2) is 59.3 Å². The van der Waals surface area contributed by atoms with Gasteiger partial charge in [0.25, 0.3) is 0 Å². The van der Waals surface area contributed by atoms with Gasteiger partial charge in [-0.3, -0.25) is 9.59 Å². The third-order valence-corrected chi connectivity index (χ3v) is 5.89. The van der Waals surface area contributed by atoms with Gasteiger partial charge < -0.3 is 25.4 Å². The molecule has 0 aromatic heterocycles. The predicted molar refractivity (Wildman–Crippen MR) is 138 cm³/mol. The molecule has 0 fully saturated rings. The maximum Gasteiger partial charge on any atom is 0.408 e. The van der Waals surface area contributed by atoms with Crippen LogP contribution in [-0.2, 0) is 14.3 Å². The van der Waals surface area contributed by atoms with E-state index in [1.165, 1.54) is 4.90 Å². The van der Waals surface area contributed by atoms with Gasteiger partial charge in [-0.25, -0.2) is 4.79 Å². The zero-order chi connectivity index (χ0) is 26.8. The minimum atomic E-state index is -0.946. The van der Waals surface area contributed by atoms with Crippen molar-refractivity contribution in [3.8, 4) is 0 Å². The van der Waals surface area contributed by atoms with E-state index in [1.807, 2.05) is 52.8 Å². The Morgan fingerprint density at radius 1 is 1.14 bits per heavy atom. The summed E-state index contributed by atoms with van der Waals surface area (Å²) in [7, 11) is 0. The van der Waals surface area contributed by atoms with E-state index in [9.17, 15) is 19.5 Å². The number of aryl methyl sites for hydroxylation is 2. The van der Waals surface area contributed by atoms with Gasteiger partial charge >= 0.3 is 6.09 Å². The molecule has 0 aliphatic carbocycles. The highest BCUT2D eigenvalue weighted by atomic mass is 16.6. The molecule has 0 aliphatic rings. The number of benzene rings is 1. The first-order valence-electron chi connectivity index (χ1n) is 12.6. The van der Waals surface area contributed by atoms with Crippen LogP contribution in [0.5, 0.6) is 0 Å². The van der Waals surface area contributed by atoms with E-state index in [1.54, 1.807) is 20.8 Å². The lowest BCUT2D eigenvalue weighted by Crippen LogP contribution is -2.55. The highest BCUT2D eigenvalue weighted by Gasteiger charge is 2.38. The molecule has 1 aromatic carbocycles. The van der Waals surface area contributed by atoms with Gasteiger partial charge in [-0.2, -0.15) is 0 Å². The Labute approximate surface area is 210 Å². The Kier molecular flexibility index (Phi) is 12.2. The Morgan fingerprint density at radius 2 is 1.80 bits per heavy atom. The van der Waals surface area contributed by atoms with Gasteiger partial charge in [0.2, 0.25) is 11.8 Å². The first-order valence-corrected chi connectivity index (χ1v) is 12.6. The molecule has 1 aromatic rings. The molecule has 3 N–H and O–H groups in total. The van der Waals surface area contributed by atoms with Crippen molar-refractivity contribution in [2.24, 2.45) is 5.92 Å². The first-order chi connectivity index (χ1) is 16.4. The van der Waals surface area contributed by atoms with Crippen molar-refractivity contribution in [3.05, 3.63) is 34.9 Å². The molecule has 0 heterocycles. The highest BCUT2D eigenvalue weighted by molar-refractivity contribution is 5.92. The summed E-state index contributed by atoms with van der Waals surface area (Å²) in [6.45, 7) is 15.0. The standard InChI is InChI=1S/C27H45N3O5/c1-9-11-14-28-24(32)23(21-17-18(3)12-13-20(21)5)30(15-16-31)25(33)22(19(4)10-2)29-26(34)35-27(6,7)8/h12-13,17,19,22-23,31H,9-11,14-16H2,1-8H3,(H,28,32)(H,29,34). The molecule has 0 aliphatic heterocycles. The zero-order valence-corrected chi connectivity index (χ0v) is 22.7. The van der Waals surface area contributed by atoms with Gasteiger partial charge in [-0.15, -0.1) is 0 Å². The number of aliphatic hydroxyl groups is 1. The van der Waals surface area contributed by atoms with Gasteiger partial charge in [0.15, 0.2) is 0 Å². The molecule has 3 amide bonds. The van der Waals surface area contributed by atoms with Gasteiger partial charge in [0.1, 0.15) is 17.7 Å². The van der Waals surface area contributed by atoms with Gasteiger partial charge in [-0.1, -0.05) is 57.4 Å². The number of unbranched alkanes of at least 4 members (excludes halogenated alkanes) is 1.